The summed E-state index contributed by atoms with van der Waals surface area (Å²) in [6.07, 6.45) is 0. The molecule has 0 fully saturated rings. The molecule has 152 valence electrons. The van der Waals surface area contributed by atoms with E-state index in [-0.39, 0.29) is 17.7 Å². The van der Waals surface area contributed by atoms with Crippen LogP contribution in [0.25, 0.3) is 11.5 Å². The Balaban J connectivity index is 1.64. The van der Waals surface area contributed by atoms with Gasteiger partial charge in [-0.1, -0.05) is 42.1 Å². The van der Waals surface area contributed by atoms with E-state index in [1.54, 1.807) is 44.4 Å². The summed E-state index contributed by atoms with van der Waals surface area (Å²) in [4.78, 5) is 14.3. The van der Waals surface area contributed by atoms with Crippen LogP contribution in [0, 0.1) is 0 Å². The van der Waals surface area contributed by atoms with Crippen molar-refractivity contribution in [1.82, 2.24) is 15.1 Å². The van der Waals surface area contributed by atoms with E-state index >= 15 is 0 Å². The molecule has 2 aromatic carbocycles. The van der Waals surface area contributed by atoms with Gasteiger partial charge < -0.3 is 18.8 Å². The second-order valence-electron chi connectivity index (χ2n) is 6.35. The van der Waals surface area contributed by atoms with Crippen molar-refractivity contribution >= 4 is 17.7 Å². The summed E-state index contributed by atoms with van der Waals surface area (Å²) in [7, 11) is 4.95. The minimum absolute atomic E-state index is 0.0193. The van der Waals surface area contributed by atoms with Crippen LogP contribution in [0.1, 0.15) is 18.5 Å². The smallest absolute Gasteiger partial charge is 0.277 e. The molecule has 0 spiro atoms. The first-order chi connectivity index (χ1) is 14.0. The molecule has 0 radical (unpaired) electrons. The zero-order valence-electron chi connectivity index (χ0n) is 16.8. The van der Waals surface area contributed by atoms with Gasteiger partial charge in [0.25, 0.3) is 5.22 Å². The Labute approximate surface area is 174 Å². The van der Waals surface area contributed by atoms with E-state index in [1.807, 2.05) is 37.3 Å². The van der Waals surface area contributed by atoms with E-state index in [1.165, 1.54) is 11.8 Å². The maximum Gasteiger partial charge on any atom is 0.277 e. The van der Waals surface area contributed by atoms with Crippen molar-refractivity contribution in [2.24, 2.45) is 0 Å². The Hall–Kier alpha value is -3.00. The van der Waals surface area contributed by atoms with E-state index < -0.39 is 0 Å². The third-order valence-electron chi connectivity index (χ3n) is 4.58. The van der Waals surface area contributed by atoms with E-state index in [4.69, 9.17) is 13.9 Å². The number of methoxy groups -OCH3 is 2. The molecule has 1 atom stereocenters. The number of aromatic nitrogens is 2. The lowest BCUT2D eigenvalue weighted by Gasteiger charge is -2.25. The number of hydrogen-bond donors (Lipinski definition) is 0. The van der Waals surface area contributed by atoms with Crippen molar-refractivity contribution in [3.8, 4) is 23.0 Å². The molecule has 0 saturated carbocycles. The number of carbonyl (C=O) groups excluding carboxylic acids is 1. The molecule has 3 rings (SSSR count). The molecule has 0 aliphatic heterocycles. The minimum atomic E-state index is -0.0215. The van der Waals surface area contributed by atoms with E-state index in [0.29, 0.717) is 28.2 Å². The molecule has 8 heteroatoms. The van der Waals surface area contributed by atoms with Gasteiger partial charge in [-0.3, -0.25) is 4.79 Å². The average Bonchev–Trinajstić information content (AvgIpc) is 3.25. The van der Waals surface area contributed by atoms with Gasteiger partial charge in [0.2, 0.25) is 11.8 Å². The van der Waals surface area contributed by atoms with Gasteiger partial charge in [0.1, 0.15) is 11.5 Å². The van der Waals surface area contributed by atoms with Gasteiger partial charge in [-0.2, -0.15) is 0 Å². The van der Waals surface area contributed by atoms with Crippen molar-refractivity contribution < 1.29 is 18.7 Å². The van der Waals surface area contributed by atoms with Crippen LogP contribution >= 0.6 is 11.8 Å². The highest BCUT2D eigenvalue weighted by Gasteiger charge is 2.19. The molecule has 0 aliphatic rings. The quantitative estimate of drug-likeness (QED) is 0.515. The number of ether oxygens (including phenoxy) is 2. The molecular formula is C21H23N3O4S. The molecule has 0 aliphatic carbocycles. The number of nitrogens with zero attached hydrogens (tertiary/aromatic N) is 3. The van der Waals surface area contributed by atoms with E-state index in [0.717, 1.165) is 5.56 Å². The Kier molecular flexibility index (Phi) is 6.77. The fourth-order valence-corrected chi connectivity index (χ4v) is 3.40. The summed E-state index contributed by atoms with van der Waals surface area (Å²) in [6, 6.07) is 15.2. The molecule has 1 aromatic heterocycles. The van der Waals surface area contributed by atoms with Gasteiger partial charge in [0.15, 0.2) is 0 Å². The highest BCUT2D eigenvalue weighted by molar-refractivity contribution is 7.99. The first-order valence-corrected chi connectivity index (χ1v) is 10.0. The summed E-state index contributed by atoms with van der Waals surface area (Å²) in [5, 5.41) is 8.43. The van der Waals surface area contributed by atoms with Crippen molar-refractivity contribution in [1.29, 1.82) is 0 Å². The SMILES string of the molecule is COc1cc(OC)cc(-c2nnc(SCC(=O)N(C)[C@H](C)c3ccccc3)o2)c1. The summed E-state index contributed by atoms with van der Waals surface area (Å²) >= 11 is 1.21. The molecule has 29 heavy (non-hydrogen) atoms. The van der Waals surface area contributed by atoms with Crippen LogP contribution in [0.5, 0.6) is 11.5 Å². The standard InChI is InChI=1S/C21H23N3O4S/c1-14(15-8-6-5-7-9-15)24(2)19(25)13-29-21-23-22-20(28-21)16-10-17(26-3)12-18(11-16)27-4/h5-12,14H,13H2,1-4H3/t14-/m1/s1. The van der Waals surface area contributed by atoms with Gasteiger partial charge >= 0.3 is 0 Å². The van der Waals surface area contributed by atoms with Crippen molar-refractivity contribution in [3.63, 3.8) is 0 Å². The zero-order chi connectivity index (χ0) is 20.8. The fraction of sp³-hybridized carbons (Fsp3) is 0.286. The first kappa shape index (κ1) is 20.7. The average molecular weight is 413 g/mol. The highest BCUT2D eigenvalue weighted by atomic mass is 32.2. The molecule has 0 bridgehead atoms. The van der Waals surface area contributed by atoms with Crippen LogP contribution in [-0.2, 0) is 4.79 Å². The summed E-state index contributed by atoms with van der Waals surface area (Å²) < 4.78 is 16.2. The highest BCUT2D eigenvalue weighted by Crippen LogP contribution is 2.30. The number of thioether (sulfide) groups is 1. The van der Waals surface area contributed by atoms with Crippen LogP contribution in [0.4, 0.5) is 0 Å². The molecular weight excluding hydrogens is 390 g/mol. The zero-order valence-corrected chi connectivity index (χ0v) is 17.6. The summed E-state index contributed by atoms with van der Waals surface area (Å²) in [6.45, 7) is 2.00. The predicted octanol–water partition coefficient (Wildman–Crippen LogP) is 4.07. The normalized spacial score (nSPS) is 11.7. The molecule has 1 heterocycles. The van der Waals surface area contributed by atoms with E-state index in [2.05, 4.69) is 10.2 Å². The number of rotatable bonds is 8. The number of benzene rings is 2. The fourth-order valence-electron chi connectivity index (χ4n) is 2.71. The monoisotopic (exact) mass is 413 g/mol. The van der Waals surface area contributed by atoms with Crippen LogP contribution in [0.2, 0.25) is 0 Å². The number of amides is 1. The van der Waals surface area contributed by atoms with Crippen molar-refractivity contribution in [2.45, 2.75) is 18.2 Å². The Morgan fingerprint density at radius 1 is 1.10 bits per heavy atom. The largest absolute Gasteiger partial charge is 0.497 e. The van der Waals surface area contributed by atoms with Gasteiger partial charge in [-0.25, -0.2) is 0 Å². The lowest BCUT2D eigenvalue weighted by Crippen LogP contribution is -2.31. The Morgan fingerprint density at radius 3 is 2.38 bits per heavy atom. The van der Waals surface area contributed by atoms with Gasteiger partial charge in [0, 0.05) is 18.7 Å². The van der Waals surface area contributed by atoms with Gasteiger partial charge in [-0.15, -0.1) is 10.2 Å². The predicted molar refractivity (Wildman–Crippen MR) is 111 cm³/mol. The van der Waals surface area contributed by atoms with Crippen LogP contribution in [0.15, 0.2) is 58.2 Å². The second-order valence-corrected chi connectivity index (χ2v) is 7.28. The summed E-state index contributed by atoms with van der Waals surface area (Å²) in [5.74, 6) is 1.77. The Morgan fingerprint density at radius 2 is 1.76 bits per heavy atom. The molecule has 0 saturated heterocycles. The first-order valence-electron chi connectivity index (χ1n) is 9.02. The third-order valence-corrected chi connectivity index (χ3v) is 5.38. The van der Waals surface area contributed by atoms with Crippen LogP contribution in [-0.4, -0.2) is 48.0 Å². The lowest BCUT2D eigenvalue weighted by molar-refractivity contribution is -0.128. The van der Waals surface area contributed by atoms with Gasteiger partial charge in [-0.05, 0) is 24.6 Å². The van der Waals surface area contributed by atoms with Crippen molar-refractivity contribution in [3.05, 3.63) is 54.1 Å². The molecule has 1 amide bonds. The topological polar surface area (TPSA) is 77.7 Å². The maximum absolute atomic E-state index is 12.6. The molecule has 3 aromatic rings. The minimum Gasteiger partial charge on any atom is -0.497 e. The Bertz CT molecular complexity index is 939. The van der Waals surface area contributed by atoms with Crippen molar-refractivity contribution in [2.75, 3.05) is 27.0 Å². The maximum atomic E-state index is 12.6. The molecule has 0 unspecified atom stereocenters. The molecule has 7 nitrogen and oxygen atoms in total. The molecule has 0 N–H and O–H groups in total. The third kappa shape index (κ3) is 5.08. The van der Waals surface area contributed by atoms with Crippen LogP contribution < -0.4 is 9.47 Å². The second kappa shape index (κ2) is 9.47. The number of hydrogen-bond acceptors (Lipinski definition) is 7. The van der Waals surface area contributed by atoms with E-state index in [9.17, 15) is 4.79 Å². The van der Waals surface area contributed by atoms with Crippen LogP contribution in [0.3, 0.4) is 0 Å². The van der Waals surface area contributed by atoms with Gasteiger partial charge in [0.05, 0.1) is 26.0 Å². The summed E-state index contributed by atoms with van der Waals surface area (Å²) in [5.41, 5.74) is 1.77. The lowest BCUT2D eigenvalue weighted by atomic mass is 10.1. The number of carbonyl (C=O) groups is 1.